The van der Waals surface area contributed by atoms with Crippen LogP contribution in [0.15, 0.2) is 40.9 Å². The Morgan fingerprint density at radius 1 is 1.14 bits per heavy atom. The van der Waals surface area contributed by atoms with Gasteiger partial charge in [0.15, 0.2) is 0 Å². The van der Waals surface area contributed by atoms with Crippen LogP contribution in [0.4, 0.5) is 10.1 Å². The van der Waals surface area contributed by atoms with Gasteiger partial charge < -0.3 is 10.4 Å². The predicted octanol–water partition coefficient (Wildman–Crippen LogP) is 4.19. The van der Waals surface area contributed by atoms with Crippen LogP contribution in [0.5, 0.6) is 0 Å². The number of hydrogen-bond donors (Lipinski definition) is 2. The third-order valence-electron chi connectivity index (χ3n) is 2.64. The molecule has 1 amide bonds. The maximum Gasteiger partial charge on any atom is 0.337 e. The van der Waals surface area contributed by atoms with E-state index in [4.69, 9.17) is 16.7 Å². The number of anilines is 1. The van der Waals surface area contributed by atoms with Crippen molar-refractivity contribution in [3.63, 3.8) is 0 Å². The fourth-order valence-corrected chi connectivity index (χ4v) is 2.37. The summed E-state index contributed by atoms with van der Waals surface area (Å²) in [5.74, 6) is -2.27. The minimum Gasteiger partial charge on any atom is -0.478 e. The van der Waals surface area contributed by atoms with Crippen LogP contribution in [0, 0.1) is 5.82 Å². The second kappa shape index (κ2) is 6.24. The molecule has 0 radical (unpaired) electrons. The van der Waals surface area contributed by atoms with Crippen LogP contribution >= 0.6 is 27.5 Å². The average Bonchev–Trinajstić information content (AvgIpc) is 2.40. The van der Waals surface area contributed by atoms with Crippen LogP contribution in [0.25, 0.3) is 0 Å². The number of carboxylic acids is 1. The molecule has 0 saturated carbocycles. The summed E-state index contributed by atoms with van der Waals surface area (Å²) in [6.07, 6.45) is 0. The van der Waals surface area contributed by atoms with Gasteiger partial charge in [0.2, 0.25) is 0 Å². The summed E-state index contributed by atoms with van der Waals surface area (Å²) in [6, 6.07) is 7.67. The first-order valence-electron chi connectivity index (χ1n) is 5.67. The third-order valence-corrected chi connectivity index (χ3v) is 3.53. The summed E-state index contributed by atoms with van der Waals surface area (Å²) in [5, 5.41) is 11.8. The lowest BCUT2D eigenvalue weighted by Gasteiger charge is -2.10. The molecule has 0 heterocycles. The van der Waals surface area contributed by atoms with Crippen LogP contribution in [0.1, 0.15) is 20.7 Å². The zero-order valence-corrected chi connectivity index (χ0v) is 12.7. The molecule has 2 aromatic rings. The standard InChI is InChI=1S/C14H8BrClFNO3/c15-11-6-8(17)2-3-9(11)13(19)18-12-4-1-7(16)5-10(12)14(20)21/h1-6H,(H,18,19)(H,20,21). The van der Waals surface area contributed by atoms with E-state index in [-0.39, 0.29) is 26.3 Å². The number of carboxylic acid groups (broad SMARTS) is 1. The molecule has 0 unspecified atom stereocenters. The monoisotopic (exact) mass is 371 g/mol. The molecule has 2 N–H and O–H groups in total. The van der Waals surface area contributed by atoms with Gasteiger partial charge in [0, 0.05) is 9.50 Å². The molecule has 0 aliphatic carbocycles. The Bertz CT molecular complexity index is 736. The van der Waals surface area contributed by atoms with Crippen LogP contribution in [0.3, 0.4) is 0 Å². The number of hydrogen-bond acceptors (Lipinski definition) is 2. The molecule has 21 heavy (non-hydrogen) atoms. The van der Waals surface area contributed by atoms with Gasteiger partial charge in [0.1, 0.15) is 5.82 Å². The van der Waals surface area contributed by atoms with E-state index >= 15 is 0 Å². The number of nitrogens with one attached hydrogen (secondary N) is 1. The molecule has 2 aromatic carbocycles. The van der Waals surface area contributed by atoms with Crippen molar-refractivity contribution < 1.29 is 19.1 Å². The smallest absolute Gasteiger partial charge is 0.337 e. The molecule has 0 bridgehead atoms. The van der Waals surface area contributed by atoms with E-state index < -0.39 is 17.7 Å². The molecule has 0 fully saturated rings. The predicted molar refractivity (Wildman–Crippen MR) is 80.5 cm³/mol. The van der Waals surface area contributed by atoms with Crippen molar-refractivity contribution in [2.45, 2.75) is 0 Å². The molecule has 4 nitrogen and oxygen atoms in total. The largest absolute Gasteiger partial charge is 0.478 e. The van der Waals surface area contributed by atoms with E-state index in [0.717, 1.165) is 12.1 Å². The van der Waals surface area contributed by atoms with E-state index in [2.05, 4.69) is 21.2 Å². The summed E-state index contributed by atoms with van der Waals surface area (Å²) in [5.41, 5.74) is 0.157. The highest BCUT2D eigenvalue weighted by molar-refractivity contribution is 9.10. The summed E-state index contributed by atoms with van der Waals surface area (Å²) >= 11 is 8.81. The Morgan fingerprint density at radius 2 is 1.86 bits per heavy atom. The van der Waals surface area contributed by atoms with Crippen molar-refractivity contribution in [2.75, 3.05) is 5.32 Å². The minimum atomic E-state index is -1.22. The van der Waals surface area contributed by atoms with Crippen LogP contribution < -0.4 is 5.32 Å². The molecule has 0 aliphatic rings. The fourth-order valence-electron chi connectivity index (χ4n) is 1.67. The van der Waals surface area contributed by atoms with Gasteiger partial charge in [-0.3, -0.25) is 4.79 Å². The first kappa shape index (κ1) is 15.5. The maximum atomic E-state index is 13.0. The van der Waals surface area contributed by atoms with Gasteiger partial charge in [0.25, 0.3) is 5.91 Å². The van der Waals surface area contributed by atoms with Gasteiger partial charge in [-0.15, -0.1) is 0 Å². The molecule has 0 spiro atoms. The molecule has 0 aliphatic heterocycles. The summed E-state index contributed by atoms with van der Waals surface area (Å²) < 4.78 is 13.3. The van der Waals surface area contributed by atoms with Gasteiger partial charge in [-0.2, -0.15) is 0 Å². The first-order chi connectivity index (χ1) is 9.88. The van der Waals surface area contributed by atoms with E-state index in [1.807, 2.05) is 0 Å². The summed E-state index contributed by atoms with van der Waals surface area (Å²) in [6.45, 7) is 0. The Kier molecular flexibility index (Phi) is 4.59. The Hall–Kier alpha value is -1.92. The molecular weight excluding hydrogens is 365 g/mol. The number of amides is 1. The van der Waals surface area contributed by atoms with Crippen LogP contribution in [-0.2, 0) is 0 Å². The zero-order valence-electron chi connectivity index (χ0n) is 10.4. The van der Waals surface area contributed by atoms with Crippen molar-refractivity contribution in [3.05, 3.63) is 62.8 Å². The van der Waals surface area contributed by atoms with Crippen molar-refractivity contribution in [3.8, 4) is 0 Å². The third kappa shape index (κ3) is 3.59. The lowest BCUT2D eigenvalue weighted by molar-refractivity contribution is 0.0698. The number of aromatic carboxylic acids is 1. The van der Waals surface area contributed by atoms with E-state index in [1.54, 1.807) is 0 Å². The number of carbonyl (C=O) groups excluding carboxylic acids is 1. The van der Waals surface area contributed by atoms with Crippen molar-refractivity contribution >= 4 is 45.1 Å². The molecule has 7 heteroatoms. The normalized spacial score (nSPS) is 10.2. The highest BCUT2D eigenvalue weighted by Crippen LogP contribution is 2.23. The Balaban J connectivity index is 2.34. The van der Waals surface area contributed by atoms with Gasteiger partial charge in [-0.25, -0.2) is 9.18 Å². The quantitative estimate of drug-likeness (QED) is 0.849. The van der Waals surface area contributed by atoms with Crippen molar-refractivity contribution in [1.29, 1.82) is 0 Å². The van der Waals surface area contributed by atoms with Gasteiger partial charge >= 0.3 is 5.97 Å². The lowest BCUT2D eigenvalue weighted by atomic mass is 10.1. The van der Waals surface area contributed by atoms with Crippen molar-refractivity contribution in [1.82, 2.24) is 0 Å². The van der Waals surface area contributed by atoms with E-state index in [1.165, 1.54) is 24.3 Å². The van der Waals surface area contributed by atoms with Crippen LogP contribution in [-0.4, -0.2) is 17.0 Å². The fraction of sp³-hybridized carbons (Fsp3) is 0. The minimum absolute atomic E-state index is 0.105. The van der Waals surface area contributed by atoms with E-state index in [9.17, 15) is 14.0 Å². The number of carbonyl (C=O) groups is 2. The highest BCUT2D eigenvalue weighted by Gasteiger charge is 2.16. The number of benzene rings is 2. The highest BCUT2D eigenvalue weighted by atomic mass is 79.9. The zero-order chi connectivity index (χ0) is 15.6. The maximum absolute atomic E-state index is 13.0. The molecule has 108 valence electrons. The Labute approximate surface area is 132 Å². The van der Waals surface area contributed by atoms with E-state index in [0.29, 0.717) is 0 Å². The molecule has 0 saturated heterocycles. The average molecular weight is 373 g/mol. The SMILES string of the molecule is O=C(Nc1ccc(Cl)cc1C(=O)O)c1ccc(F)cc1Br. The second-order valence-electron chi connectivity index (χ2n) is 4.07. The van der Waals surface area contributed by atoms with Crippen molar-refractivity contribution in [2.24, 2.45) is 0 Å². The topological polar surface area (TPSA) is 66.4 Å². The molecule has 0 atom stereocenters. The number of rotatable bonds is 3. The number of halogens is 3. The second-order valence-corrected chi connectivity index (χ2v) is 5.36. The lowest BCUT2D eigenvalue weighted by Crippen LogP contribution is -2.15. The summed E-state index contributed by atoms with van der Waals surface area (Å²) in [7, 11) is 0. The van der Waals surface area contributed by atoms with Gasteiger partial charge in [0.05, 0.1) is 16.8 Å². The summed E-state index contributed by atoms with van der Waals surface area (Å²) in [4.78, 5) is 23.3. The Morgan fingerprint density at radius 3 is 2.48 bits per heavy atom. The van der Waals surface area contributed by atoms with Crippen LogP contribution in [0.2, 0.25) is 5.02 Å². The molecule has 0 aromatic heterocycles. The molecule has 2 rings (SSSR count). The molecular formula is C14H8BrClFNO3. The van der Waals surface area contributed by atoms with Gasteiger partial charge in [-0.1, -0.05) is 11.6 Å². The van der Waals surface area contributed by atoms with Gasteiger partial charge in [-0.05, 0) is 52.3 Å². The first-order valence-corrected chi connectivity index (χ1v) is 6.85.